The zero-order chi connectivity index (χ0) is 69.2. The summed E-state index contributed by atoms with van der Waals surface area (Å²) in [5.74, 6) is -2.60. The Balaban J connectivity index is 0.000000202. The third kappa shape index (κ3) is 18.3. The molecular weight excluding hydrogens is 1250 g/mol. The number of fused-ring (bicyclic) bond motifs is 2. The highest BCUT2D eigenvalue weighted by Gasteiger charge is 2.56. The van der Waals surface area contributed by atoms with E-state index >= 15 is 0 Å². The molecule has 32 heteroatoms. The predicted molar refractivity (Wildman–Crippen MR) is 334 cm³/mol. The minimum Gasteiger partial charge on any atom is -0.454 e. The van der Waals surface area contributed by atoms with Crippen molar-refractivity contribution in [1.82, 2.24) is 31.5 Å². The summed E-state index contributed by atoms with van der Waals surface area (Å²) in [5, 5.41) is 42.7. The molecule has 13 N–H and O–H groups in total. The van der Waals surface area contributed by atoms with Gasteiger partial charge >= 0.3 is 12.2 Å². The Morgan fingerprint density at radius 3 is 1.56 bits per heavy atom. The van der Waals surface area contributed by atoms with Gasteiger partial charge < -0.3 is 106 Å². The van der Waals surface area contributed by atoms with Gasteiger partial charge in [0.1, 0.15) is 30.3 Å². The Morgan fingerprint density at radius 2 is 1.11 bits per heavy atom. The van der Waals surface area contributed by atoms with Crippen molar-refractivity contribution in [1.29, 1.82) is 0 Å². The number of aliphatic hydroxyl groups excluding tert-OH is 2. The molecule has 8 aliphatic heterocycles. The van der Waals surface area contributed by atoms with E-state index in [1.54, 1.807) is 53.7 Å². The van der Waals surface area contributed by atoms with Crippen LogP contribution in [0, 0.1) is 10.8 Å². The topological polar surface area (TPSA) is 453 Å². The number of hydrogen-bond donors (Lipinski definition) is 10. The highest BCUT2D eigenvalue weighted by Crippen LogP contribution is 2.43. The Bertz CT molecular complexity index is 3230. The lowest BCUT2D eigenvalue weighted by atomic mass is 9.84. The van der Waals surface area contributed by atoms with Crippen LogP contribution in [0.2, 0.25) is 0 Å². The summed E-state index contributed by atoms with van der Waals surface area (Å²) < 4.78 is 42.6. The van der Waals surface area contributed by atoms with Crippen LogP contribution in [0.1, 0.15) is 131 Å². The van der Waals surface area contributed by atoms with Crippen molar-refractivity contribution < 1.29 is 101 Å². The summed E-state index contributed by atoms with van der Waals surface area (Å²) >= 11 is 0. The molecule has 32 nitrogen and oxygen atoms in total. The van der Waals surface area contributed by atoms with Gasteiger partial charge in [0.05, 0.1) is 62.5 Å². The lowest BCUT2D eigenvalue weighted by Crippen LogP contribution is -2.59. The van der Waals surface area contributed by atoms with Gasteiger partial charge in [0.15, 0.2) is 46.4 Å². The second-order valence-corrected chi connectivity index (χ2v) is 26.8. The van der Waals surface area contributed by atoms with E-state index in [9.17, 15) is 53.4 Å². The molecule has 0 aromatic heterocycles. The molecule has 8 amide bonds. The number of nitrogens with two attached hydrogens (primary N) is 3. The number of Topliss-reactive ketones (excluding diaryl/α,β-unsaturated/α-hetero) is 1. The van der Waals surface area contributed by atoms with Crippen molar-refractivity contribution in [2.75, 3.05) is 53.1 Å². The monoisotopic (exact) mass is 1340 g/mol. The van der Waals surface area contributed by atoms with Crippen LogP contribution in [0.3, 0.4) is 0 Å². The number of primary amides is 3. The predicted octanol–water partition coefficient (Wildman–Crippen LogP) is 0.682. The largest absolute Gasteiger partial charge is 0.454 e. The minimum atomic E-state index is -1.62. The van der Waals surface area contributed by atoms with Gasteiger partial charge in [0.25, 0.3) is 5.91 Å². The third-order valence-electron chi connectivity index (χ3n) is 17.2. The van der Waals surface area contributed by atoms with E-state index in [4.69, 9.17) is 64.8 Å². The van der Waals surface area contributed by atoms with E-state index in [2.05, 4.69) is 36.9 Å². The van der Waals surface area contributed by atoms with Crippen LogP contribution >= 0.6 is 0 Å². The van der Waals surface area contributed by atoms with E-state index in [1.807, 2.05) is 38.1 Å². The maximum absolute atomic E-state index is 14.4. The fourth-order valence-electron chi connectivity index (χ4n) is 12.0. The summed E-state index contributed by atoms with van der Waals surface area (Å²) in [6.45, 7) is 16.7. The Hall–Kier alpha value is -8.59. The second-order valence-electron chi connectivity index (χ2n) is 26.8. The number of benzene rings is 2. The van der Waals surface area contributed by atoms with Crippen molar-refractivity contribution in [2.45, 2.75) is 191 Å². The van der Waals surface area contributed by atoms with Crippen LogP contribution in [-0.2, 0) is 62.2 Å². The summed E-state index contributed by atoms with van der Waals surface area (Å²) in [4.78, 5) is 125. The Morgan fingerprint density at radius 1 is 0.642 bits per heavy atom. The number of nitrogens with zero attached hydrogens (tertiary/aromatic N) is 3. The molecule has 2 aromatic carbocycles. The van der Waals surface area contributed by atoms with Crippen LogP contribution in [0.4, 0.5) is 9.59 Å². The first-order valence-electron chi connectivity index (χ1n) is 31.8. The number of carbonyl (C=O) groups excluding carboxylic acids is 9. The van der Waals surface area contributed by atoms with Gasteiger partial charge in [-0.3, -0.25) is 33.6 Å². The van der Waals surface area contributed by atoms with E-state index in [-0.39, 0.29) is 58.0 Å². The molecule has 522 valence electrons. The van der Waals surface area contributed by atoms with Crippen molar-refractivity contribution in [3.8, 4) is 23.0 Å². The maximum atomic E-state index is 14.4. The molecule has 8 heterocycles. The highest BCUT2D eigenvalue weighted by molar-refractivity contribution is 6.38. The SMILES string of the molecule is CC(C)(C)[C@H](NC(=O)O[C@H]1CCOC1)C(=O)C(N)=O.CCC[C@H](NC(=O)[C@@H]1C[C@@]2(CN1)CC(c1ccc3c(c1)OCO3)=NO2)C(O)C(N)=O.CCC[C@H](NC(=O)[C@@H]1C[C@]2(CC(c3ccc4c(c3)OCO4)=NO2)CN1C(=O)[C@@H](NC(=O)O[C@H]1CCOC1)C(C)(C)C)C(O)C(N)=O. The average molecular weight is 1340 g/mol. The zero-order valence-electron chi connectivity index (χ0n) is 54.7. The number of oxime groups is 2. The summed E-state index contributed by atoms with van der Waals surface area (Å²) in [7, 11) is 0. The van der Waals surface area contributed by atoms with Gasteiger partial charge in [-0.25, -0.2) is 9.59 Å². The second kappa shape index (κ2) is 30.9. The molecule has 8 aliphatic rings. The van der Waals surface area contributed by atoms with Crippen LogP contribution in [0.15, 0.2) is 46.7 Å². The summed E-state index contributed by atoms with van der Waals surface area (Å²) in [6, 6.07) is 5.65. The van der Waals surface area contributed by atoms with E-state index in [1.165, 1.54) is 4.90 Å². The molecule has 0 saturated carbocycles. The molecule has 2 spiro atoms. The van der Waals surface area contributed by atoms with Gasteiger partial charge in [-0.05, 0) is 60.1 Å². The molecule has 2 unspecified atom stereocenters. The molecule has 4 saturated heterocycles. The quantitative estimate of drug-likeness (QED) is 0.0768. The van der Waals surface area contributed by atoms with Gasteiger partial charge in [-0.2, -0.15) is 0 Å². The van der Waals surface area contributed by atoms with E-state index in [0.29, 0.717) is 100 Å². The fourth-order valence-corrected chi connectivity index (χ4v) is 12.0. The maximum Gasteiger partial charge on any atom is 0.408 e. The number of nitrogens with one attached hydrogen (secondary N) is 5. The van der Waals surface area contributed by atoms with Gasteiger partial charge in [-0.1, -0.05) is 78.5 Å². The molecule has 4 fully saturated rings. The lowest BCUT2D eigenvalue weighted by molar-refractivity contribution is -0.143. The first kappa shape index (κ1) is 72.2. The molecule has 95 heavy (non-hydrogen) atoms. The number of rotatable bonds is 21. The highest BCUT2D eigenvalue weighted by atomic mass is 16.7. The number of hydrogen-bond acceptors (Lipinski definition) is 24. The van der Waals surface area contributed by atoms with Crippen molar-refractivity contribution >= 4 is 64.8 Å². The van der Waals surface area contributed by atoms with Crippen LogP contribution in [0.5, 0.6) is 23.0 Å². The molecule has 10 rings (SSSR count). The minimum absolute atomic E-state index is 0.0158. The standard InChI is InChI=1S/C31H43N5O10.C20H26N4O6.C12H20N2O5/c1-5-6-19(24(37)26(32)38)33-27(39)21-13-31(12-20(35-46-31)17-7-8-22-23(11-17)44-16-43-22)15-36(21)28(40)25(30(2,3)4)34-29(41)45-18-9-10-42-14-18;1-2-3-12(17(25)18(21)26)23-19(27)14-8-20(9-22-14)7-13(24-30-20)11-4-5-15-16(6-11)29-10-28-15;1-12(2,3)9(8(15)10(13)16)14-11(17)19-7-4-5-18-6-7/h7-8,11,18-19,21,24-25,37H,5-6,9-10,12-16H2,1-4H3,(H2,32,38)(H,33,39)(H,34,41);4-6,12,14,17,22,25H,2-3,7-10H2,1H3,(H2,21,26)(H,23,27);7,9H,4-6H2,1-3H3,(H2,13,16)(H,14,17)/t18-,19-,21-,24?,25+,31+;12-,14-,17?,20+;7-,9+/m000/s1. The molecule has 2 aromatic rings. The number of likely N-dealkylation sites (tertiary alicyclic amines) is 1. The number of ketones is 1. The number of aliphatic hydroxyl groups is 2. The van der Waals surface area contributed by atoms with Crippen LogP contribution in [-0.4, -0.2) is 205 Å². The summed E-state index contributed by atoms with van der Waals surface area (Å²) in [5.41, 5.74) is 15.4. The lowest BCUT2D eigenvalue weighted by Gasteiger charge is -2.35. The van der Waals surface area contributed by atoms with E-state index < -0.39 is 124 Å². The van der Waals surface area contributed by atoms with Crippen molar-refractivity contribution in [3.05, 3.63) is 47.5 Å². The smallest absolute Gasteiger partial charge is 0.408 e. The molecule has 0 radical (unpaired) electrons. The fraction of sp³-hybridized carbons (Fsp3) is 0.635. The third-order valence-corrected chi connectivity index (χ3v) is 17.2. The van der Waals surface area contributed by atoms with Crippen LogP contribution < -0.4 is 62.7 Å². The van der Waals surface area contributed by atoms with Gasteiger partial charge in [-0.15, -0.1) is 0 Å². The molecule has 0 aliphatic carbocycles. The van der Waals surface area contributed by atoms with Crippen molar-refractivity contribution in [3.63, 3.8) is 0 Å². The van der Waals surface area contributed by atoms with E-state index in [0.717, 1.165) is 16.8 Å². The first-order chi connectivity index (χ1) is 44.9. The zero-order valence-corrected chi connectivity index (χ0v) is 54.7. The molecule has 12 atom stereocenters. The van der Waals surface area contributed by atoms with Gasteiger partial charge in [0.2, 0.25) is 48.9 Å². The number of ether oxygens (including phenoxy) is 8. The summed E-state index contributed by atoms with van der Waals surface area (Å²) in [6.07, 6.45) is -0.851. The average Bonchev–Trinajstić information content (AvgIpc) is 1.64. The molecule has 0 bridgehead atoms. The molecular formula is C63H89N11O21. The van der Waals surface area contributed by atoms with Crippen molar-refractivity contribution in [2.24, 2.45) is 38.3 Å². The first-order valence-corrected chi connectivity index (χ1v) is 31.8. The Kier molecular flexibility index (Phi) is 23.5. The number of carbonyl (C=O) groups is 9. The normalized spacial score (nSPS) is 24.7. The Labute approximate surface area is 548 Å². The number of amides is 8. The van der Waals surface area contributed by atoms with Crippen LogP contribution in [0.25, 0.3) is 0 Å². The van der Waals surface area contributed by atoms with Gasteiger partial charge in [0, 0.05) is 56.2 Å². The number of alkyl carbamates (subject to hydrolysis) is 2.